The molecule has 4 rings (SSSR count). The first kappa shape index (κ1) is 19.2. The van der Waals surface area contributed by atoms with Gasteiger partial charge in [-0.25, -0.2) is 4.79 Å². The van der Waals surface area contributed by atoms with Gasteiger partial charge < -0.3 is 14.1 Å². The number of fused-ring (bicyclic) bond motifs is 2. The van der Waals surface area contributed by atoms with E-state index in [4.69, 9.17) is 9.15 Å². The van der Waals surface area contributed by atoms with Crippen LogP contribution in [0.3, 0.4) is 0 Å². The summed E-state index contributed by atoms with van der Waals surface area (Å²) in [6, 6.07) is 11.7. The van der Waals surface area contributed by atoms with Gasteiger partial charge in [0.05, 0.1) is 7.11 Å². The van der Waals surface area contributed by atoms with Crippen LogP contribution in [0.1, 0.15) is 35.1 Å². The highest BCUT2D eigenvalue weighted by Gasteiger charge is 2.23. The van der Waals surface area contributed by atoms with Crippen molar-refractivity contribution in [3.05, 3.63) is 69.1 Å². The Labute approximate surface area is 169 Å². The molecule has 0 saturated heterocycles. The fourth-order valence-corrected chi connectivity index (χ4v) is 4.14. The third-order valence-corrected chi connectivity index (χ3v) is 5.74. The molecule has 1 amide bonds. The molecular formula is C24H25NO4. The Morgan fingerprint density at radius 2 is 2.00 bits per heavy atom. The maximum absolute atomic E-state index is 13.0. The number of ether oxygens (including phenoxy) is 1. The number of benzene rings is 2. The third kappa shape index (κ3) is 3.65. The Morgan fingerprint density at radius 3 is 2.79 bits per heavy atom. The van der Waals surface area contributed by atoms with E-state index >= 15 is 0 Å². The van der Waals surface area contributed by atoms with Crippen LogP contribution in [-0.4, -0.2) is 19.6 Å². The van der Waals surface area contributed by atoms with Gasteiger partial charge in [0.2, 0.25) is 5.91 Å². The van der Waals surface area contributed by atoms with Crippen molar-refractivity contribution in [2.24, 2.45) is 0 Å². The summed E-state index contributed by atoms with van der Waals surface area (Å²) in [7, 11) is 1.58. The van der Waals surface area contributed by atoms with Crippen LogP contribution < -0.4 is 15.3 Å². The number of methoxy groups -OCH3 is 1. The van der Waals surface area contributed by atoms with E-state index < -0.39 is 0 Å². The van der Waals surface area contributed by atoms with Crippen LogP contribution in [0.5, 0.6) is 5.75 Å². The van der Waals surface area contributed by atoms with Crippen LogP contribution in [-0.2, 0) is 17.6 Å². The predicted molar refractivity (Wildman–Crippen MR) is 114 cm³/mol. The summed E-state index contributed by atoms with van der Waals surface area (Å²) in [5.41, 5.74) is 4.98. The summed E-state index contributed by atoms with van der Waals surface area (Å²) >= 11 is 0. The highest BCUT2D eigenvalue weighted by atomic mass is 16.5. The van der Waals surface area contributed by atoms with E-state index in [0.29, 0.717) is 23.3 Å². The molecular weight excluding hydrogens is 366 g/mol. The second-order valence-electron chi connectivity index (χ2n) is 7.64. The molecule has 0 bridgehead atoms. The van der Waals surface area contributed by atoms with Gasteiger partial charge in [0.1, 0.15) is 11.3 Å². The van der Waals surface area contributed by atoms with Crippen LogP contribution >= 0.6 is 0 Å². The topological polar surface area (TPSA) is 59.8 Å². The van der Waals surface area contributed by atoms with Crippen molar-refractivity contribution < 1.29 is 13.9 Å². The van der Waals surface area contributed by atoms with Gasteiger partial charge in [-0.05, 0) is 62.4 Å². The molecule has 2 heterocycles. The Hall–Kier alpha value is -3.08. The van der Waals surface area contributed by atoms with Gasteiger partial charge >= 0.3 is 5.63 Å². The Kier molecular flexibility index (Phi) is 5.14. The van der Waals surface area contributed by atoms with Crippen LogP contribution in [0.4, 0.5) is 5.69 Å². The fraction of sp³-hybridized carbons (Fsp3) is 0.333. The van der Waals surface area contributed by atoms with Gasteiger partial charge in [-0.2, -0.15) is 0 Å². The summed E-state index contributed by atoms with van der Waals surface area (Å²) in [5, 5.41) is 0.867. The lowest BCUT2D eigenvalue weighted by Gasteiger charge is -2.30. The highest BCUT2D eigenvalue weighted by Crippen LogP contribution is 2.29. The normalized spacial score (nSPS) is 13.4. The second-order valence-corrected chi connectivity index (χ2v) is 7.64. The molecule has 0 radical (unpaired) electrons. The van der Waals surface area contributed by atoms with E-state index in [1.54, 1.807) is 13.2 Å². The van der Waals surface area contributed by atoms with Crippen molar-refractivity contribution in [1.82, 2.24) is 0 Å². The number of carbonyl (C=O) groups excluding carboxylic acids is 1. The van der Waals surface area contributed by atoms with E-state index in [2.05, 4.69) is 13.0 Å². The van der Waals surface area contributed by atoms with Crippen molar-refractivity contribution in [1.29, 1.82) is 0 Å². The van der Waals surface area contributed by atoms with Crippen LogP contribution in [0, 0.1) is 13.8 Å². The molecule has 0 saturated carbocycles. The first-order valence-electron chi connectivity index (χ1n) is 9.98. The molecule has 5 nitrogen and oxygen atoms in total. The average molecular weight is 391 g/mol. The molecule has 0 unspecified atom stereocenters. The smallest absolute Gasteiger partial charge is 0.339 e. The van der Waals surface area contributed by atoms with Crippen molar-refractivity contribution in [2.45, 2.75) is 39.5 Å². The maximum atomic E-state index is 13.0. The fourth-order valence-electron chi connectivity index (χ4n) is 4.14. The Balaban J connectivity index is 1.57. The van der Waals surface area contributed by atoms with Crippen molar-refractivity contribution in [3.63, 3.8) is 0 Å². The zero-order valence-corrected chi connectivity index (χ0v) is 17.1. The molecule has 29 heavy (non-hydrogen) atoms. The standard InChI is InChI=1S/C24H25NO4/c1-15-6-10-21-17(13-15)5-4-12-25(21)23(26)11-9-20-16(2)19-8-7-18(28-3)14-22(19)29-24(20)27/h6-8,10,13-14H,4-5,9,11-12H2,1-3H3. The van der Waals surface area contributed by atoms with E-state index in [-0.39, 0.29) is 18.0 Å². The predicted octanol–water partition coefficient (Wildman–Crippen LogP) is 4.33. The zero-order chi connectivity index (χ0) is 20.5. The number of hydrogen-bond acceptors (Lipinski definition) is 4. The number of carbonyl (C=O) groups is 1. The average Bonchev–Trinajstić information content (AvgIpc) is 2.72. The molecule has 0 aliphatic carbocycles. The van der Waals surface area contributed by atoms with Crippen LogP contribution in [0.15, 0.2) is 45.6 Å². The summed E-state index contributed by atoms with van der Waals surface area (Å²) in [4.78, 5) is 27.4. The summed E-state index contributed by atoms with van der Waals surface area (Å²) in [6.45, 7) is 4.70. The molecule has 1 aliphatic rings. The number of rotatable bonds is 4. The molecule has 1 aromatic heterocycles. The van der Waals surface area contributed by atoms with Gasteiger partial charge in [0, 0.05) is 35.7 Å². The molecule has 3 aromatic rings. The van der Waals surface area contributed by atoms with E-state index in [9.17, 15) is 9.59 Å². The number of anilines is 1. The molecule has 150 valence electrons. The maximum Gasteiger partial charge on any atom is 0.339 e. The van der Waals surface area contributed by atoms with Crippen LogP contribution in [0.25, 0.3) is 11.0 Å². The number of hydrogen-bond donors (Lipinski definition) is 0. The summed E-state index contributed by atoms with van der Waals surface area (Å²) in [6.07, 6.45) is 2.60. The van der Waals surface area contributed by atoms with E-state index in [1.165, 1.54) is 11.1 Å². The van der Waals surface area contributed by atoms with Crippen molar-refractivity contribution in [2.75, 3.05) is 18.6 Å². The number of amides is 1. The molecule has 0 atom stereocenters. The van der Waals surface area contributed by atoms with Gasteiger partial charge in [0.25, 0.3) is 0 Å². The third-order valence-electron chi connectivity index (χ3n) is 5.74. The Bertz CT molecular complexity index is 1150. The van der Waals surface area contributed by atoms with Gasteiger partial charge in [0.15, 0.2) is 0 Å². The monoisotopic (exact) mass is 391 g/mol. The highest BCUT2D eigenvalue weighted by molar-refractivity contribution is 5.95. The minimum Gasteiger partial charge on any atom is -0.497 e. The molecule has 5 heteroatoms. The van der Waals surface area contributed by atoms with Gasteiger partial charge in [-0.1, -0.05) is 17.7 Å². The SMILES string of the molecule is COc1ccc2c(C)c(CCC(=O)N3CCCc4cc(C)ccc43)c(=O)oc2c1. The zero-order valence-electron chi connectivity index (χ0n) is 17.1. The molecule has 0 fully saturated rings. The van der Waals surface area contributed by atoms with Crippen molar-refractivity contribution in [3.8, 4) is 5.75 Å². The number of aryl methyl sites for hydroxylation is 3. The summed E-state index contributed by atoms with van der Waals surface area (Å²) < 4.78 is 10.7. The molecule has 0 N–H and O–H groups in total. The summed E-state index contributed by atoms with van der Waals surface area (Å²) in [5.74, 6) is 0.686. The lowest BCUT2D eigenvalue weighted by molar-refractivity contribution is -0.118. The quantitative estimate of drug-likeness (QED) is 0.621. The largest absolute Gasteiger partial charge is 0.497 e. The second kappa shape index (κ2) is 7.74. The first-order valence-corrected chi connectivity index (χ1v) is 9.98. The molecule has 0 spiro atoms. The minimum absolute atomic E-state index is 0.0448. The minimum atomic E-state index is -0.384. The number of nitrogens with zero attached hydrogens (tertiary/aromatic N) is 1. The Morgan fingerprint density at radius 1 is 1.17 bits per heavy atom. The van der Waals surface area contributed by atoms with Gasteiger partial charge in [-0.15, -0.1) is 0 Å². The van der Waals surface area contributed by atoms with Crippen LogP contribution in [0.2, 0.25) is 0 Å². The van der Waals surface area contributed by atoms with E-state index in [0.717, 1.165) is 36.0 Å². The lowest BCUT2D eigenvalue weighted by Crippen LogP contribution is -2.35. The van der Waals surface area contributed by atoms with Gasteiger partial charge in [-0.3, -0.25) is 4.79 Å². The molecule has 2 aromatic carbocycles. The molecule has 1 aliphatic heterocycles. The lowest BCUT2D eigenvalue weighted by atomic mass is 9.98. The first-order chi connectivity index (χ1) is 14.0. The van der Waals surface area contributed by atoms with Crippen molar-refractivity contribution >= 4 is 22.6 Å². The van der Waals surface area contributed by atoms with E-state index in [1.807, 2.05) is 36.1 Å².